The highest BCUT2D eigenvalue weighted by molar-refractivity contribution is 5.97. The van der Waals surface area contributed by atoms with Gasteiger partial charge >= 0.3 is 0 Å². The summed E-state index contributed by atoms with van der Waals surface area (Å²) in [4.78, 5) is 4.77. The summed E-state index contributed by atoms with van der Waals surface area (Å²) in [6.45, 7) is 4.28. The maximum atomic E-state index is 9.20. The smallest absolute Gasteiger partial charge is 0.0998 e. The molecule has 19 heavy (non-hydrogen) atoms. The van der Waals surface area contributed by atoms with E-state index in [2.05, 4.69) is 35.0 Å². The fourth-order valence-corrected chi connectivity index (χ4v) is 2.70. The van der Waals surface area contributed by atoms with Crippen LogP contribution in [-0.4, -0.2) is 38.1 Å². The molecule has 0 radical (unpaired) electrons. The van der Waals surface area contributed by atoms with Crippen LogP contribution in [0.1, 0.15) is 5.56 Å². The second kappa shape index (κ2) is 4.91. The Bertz CT molecular complexity index is 634. The van der Waals surface area contributed by atoms with Gasteiger partial charge in [0.15, 0.2) is 0 Å². The number of benzene rings is 2. The zero-order valence-corrected chi connectivity index (χ0v) is 11.1. The van der Waals surface area contributed by atoms with Crippen molar-refractivity contribution in [1.82, 2.24) is 4.90 Å². The lowest BCUT2D eigenvalue weighted by molar-refractivity contribution is 0.313. The zero-order valence-electron chi connectivity index (χ0n) is 11.1. The van der Waals surface area contributed by atoms with E-state index < -0.39 is 0 Å². The van der Waals surface area contributed by atoms with Crippen LogP contribution in [0.5, 0.6) is 0 Å². The molecular formula is C16H17N3. The standard InChI is InChI=1S/C16H17N3/c1-18-8-10-19(11-9-18)16-7-6-13(12-17)14-4-2-3-5-15(14)16/h2-7H,8-11H2,1H3. The molecule has 3 rings (SSSR count). The maximum absolute atomic E-state index is 9.20. The summed E-state index contributed by atoms with van der Waals surface area (Å²) in [5.41, 5.74) is 2.01. The molecule has 0 saturated carbocycles. The number of piperazine rings is 1. The SMILES string of the molecule is CN1CCN(c2ccc(C#N)c3ccccc23)CC1. The first-order valence-electron chi connectivity index (χ1n) is 6.65. The Morgan fingerprint density at radius 1 is 0.947 bits per heavy atom. The molecule has 1 aliphatic rings. The van der Waals surface area contributed by atoms with E-state index in [1.54, 1.807) is 0 Å². The molecule has 1 aliphatic heterocycles. The van der Waals surface area contributed by atoms with Crippen molar-refractivity contribution in [2.75, 3.05) is 38.1 Å². The van der Waals surface area contributed by atoms with Gasteiger partial charge in [0, 0.05) is 42.6 Å². The van der Waals surface area contributed by atoms with Crippen molar-refractivity contribution in [3.63, 3.8) is 0 Å². The highest BCUT2D eigenvalue weighted by Gasteiger charge is 2.16. The molecule has 0 aromatic heterocycles. The summed E-state index contributed by atoms with van der Waals surface area (Å²) >= 11 is 0. The molecule has 0 aliphatic carbocycles. The van der Waals surface area contributed by atoms with Crippen molar-refractivity contribution in [3.8, 4) is 6.07 Å². The molecule has 0 spiro atoms. The average Bonchev–Trinajstić information content (AvgIpc) is 2.47. The Morgan fingerprint density at radius 2 is 1.63 bits per heavy atom. The van der Waals surface area contributed by atoms with Crippen molar-refractivity contribution < 1.29 is 0 Å². The van der Waals surface area contributed by atoms with Crippen molar-refractivity contribution >= 4 is 16.5 Å². The fourth-order valence-electron chi connectivity index (χ4n) is 2.70. The van der Waals surface area contributed by atoms with Crippen LogP contribution < -0.4 is 4.90 Å². The van der Waals surface area contributed by atoms with Crippen LogP contribution in [0.4, 0.5) is 5.69 Å². The maximum Gasteiger partial charge on any atom is 0.0998 e. The van der Waals surface area contributed by atoms with E-state index in [-0.39, 0.29) is 0 Å². The highest BCUT2D eigenvalue weighted by Crippen LogP contribution is 2.29. The van der Waals surface area contributed by atoms with Crippen molar-refractivity contribution in [2.24, 2.45) is 0 Å². The Balaban J connectivity index is 2.08. The van der Waals surface area contributed by atoms with Gasteiger partial charge in [-0.05, 0) is 19.2 Å². The lowest BCUT2D eigenvalue weighted by atomic mass is 10.0. The van der Waals surface area contributed by atoms with Crippen LogP contribution in [0.25, 0.3) is 10.8 Å². The Labute approximate surface area is 113 Å². The van der Waals surface area contributed by atoms with Gasteiger partial charge in [-0.15, -0.1) is 0 Å². The molecule has 0 unspecified atom stereocenters. The van der Waals surface area contributed by atoms with E-state index in [1.165, 1.54) is 11.1 Å². The Kier molecular flexibility index (Phi) is 3.10. The van der Waals surface area contributed by atoms with Crippen LogP contribution in [-0.2, 0) is 0 Å². The van der Waals surface area contributed by atoms with Gasteiger partial charge in [0.1, 0.15) is 0 Å². The summed E-state index contributed by atoms with van der Waals surface area (Å²) < 4.78 is 0. The second-order valence-corrected chi connectivity index (χ2v) is 5.08. The van der Waals surface area contributed by atoms with Crippen LogP contribution in [0.3, 0.4) is 0 Å². The number of hydrogen-bond acceptors (Lipinski definition) is 3. The molecule has 96 valence electrons. The van der Waals surface area contributed by atoms with Gasteiger partial charge in [0.05, 0.1) is 11.6 Å². The molecule has 2 aromatic rings. The van der Waals surface area contributed by atoms with Gasteiger partial charge in [-0.3, -0.25) is 0 Å². The topological polar surface area (TPSA) is 30.3 Å². The summed E-state index contributed by atoms with van der Waals surface area (Å²) in [5, 5.41) is 11.4. The van der Waals surface area contributed by atoms with Crippen molar-refractivity contribution in [1.29, 1.82) is 5.26 Å². The third-order valence-electron chi connectivity index (χ3n) is 3.87. The minimum atomic E-state index is 0.758. The number of anilines is 1. The Hall–Kier alpha value is -2.05. The van der Waals surface area contributed by atoms with Gasteiger partial charge in [-0.2, -0.15) is 5.26 Å². The number of nitrogens with zero attached hydrogens (tertiary/aromatic N) is 3. The molecule has 3 heteroatoms. The summed E-state index contributed by atoms with van der Waals surface area (Å²) in [7, 11) is 2.16. The first-order valence-corrected chi connectivity index (χ1v) is 6.65. The van der Waals surface area contributed by atoms with Crippen molar-refractivity contribution in [2.45, 2.75) is 0 Å². The molecule has 0 amide bonds. The van der Waals surface area contributed by atoms with Crippen LogP contribution in [0, 0.1) is 11.3 Å². The van der Waals surface area contributed by atoms with Crippen LogP contribution >= 0.6 is 0 Å². The van der Waals surface area contributed by atoms with Crippen LogP contribution in [0.15, 0.2) is 36.4 Å². The summed E-state index contributed by atoms with van der Waals surface area (Å²) in [6.07, 6.45) is 0. The normalized spacial score (nSPS) is 16.5. The lowest BCUT2D eigenvalue weighted by Crippen LogP contribution is -2.44. The summed E-state index contributed by atoms with van der Waals surface area (Å²) in [6, 6.07) is 14.5. The Morgan fingerprint density at radius 3 is 2.32 bits per heavy atom. The first kappa shape index (κ1) is 12.0. The number of fused-ring (bicyclic) bond motifs is 1. The molecule has 0 N–H and O–H groups in total. The van der Waals surface area contributed by atoms with Crippen LogP contribution in [0.2, 0.25) is 0 Å². The number of nitriles is 1. The molecule has 0 bridgehead atoms. The third kappa shape index (κ3) is 2.16. The molecule has 0 atom stereocenters. The van der Waals surface area contributed by atoms with Gasteiger partial charge in [-0.1, -0.05) is 24.3 Å². The lowest BCUT2D eigenvalue weighted by Gasteiger charge is -2.34. The van der Waals surface area contributed by atoms with E-state index in [0.29, 0.717) is 0 Å². The second-order valence-electron chi connectivity index (χ2n) is 5.08. The van der Waals surface area contributed by atoms with E-state index in [9.17, 15) is 5.26 Å². The first-order chi connectivity index (χ1) is 9.29. The van der Waals surface area contributed by atoms with Gasteiger partial charge in [0.25, 0.3) is 0 Å². The van der Waals surface area contributed by atoms with E-state index in [4.69, 9.17) is 0 Å². The minimum Gasteiger partial charge on any atom is -0.368 e. The van der Waals surface area contributed by atoms with Crippen molar-refractivity contribution in [3.05, 3.63) is 42.0 Å². The molecule has 1 heterocycles. The molecule has 1 saturated heterocycles. The molecule has 2 aromatic carbocycles. The van der Waals surface area contributed by atoms with E-state index in [0.717, 1.165) is 37.1 Å². The molecule has 1 fully saturated rings. The van der Waals surface area contributed by atoms with Gasteiger partial charge in [-0.25, -0.2) is 0 Å². The number of hydrogen-bond donors (Lipinski definition) is 0. The van der Waals surface area contributed by atoms with Gasteiger partial charge in [0.2, 0.25) is 0 Å². The highest BCUT2D eigenvalue weighted by atomic mass is 15.2. The quantitative estimate of drug-likeness (QED) is 0.780. The molecular weight excluding hydrogens is 234 g/mol. The number of likely N-dealkylation sites (N-methyl/N-ethyl adjacent to an activating group) is 1. The van der Waals surface area contributed by atoms with Gasteiger partial charge < -0.3 is 9.80 Å². The number of rotatable bonds is 1. The van der Waals surface area contributed by atoms with E-state index >= 15 is 0 Å². The zero-order chi connectivity index (χ0) is 13.2. The predicted octanol–water partition coefficient (Wildman–Crippen LogP) is 2.46. The minimum absolute atomic E-state index is 0.758. The third-order valence-corrected chi connectivity index (χ3v) is 3.87. The summed E-state index contributed by atoms with van der Waals surface area (Å²) in [5.74, 6) is 0. The molecule has 3 nitrogen and oxygen atoms in total. The monoisotopic (exact) mass is 251 g/mol. The largest absolute Gasteiger partial charge is 0.368 e. The average molecular weight is 251 g/mol. The fraction of sp³-hybridized carbons (Fsp3) is 0.312. The predicted molar refractivity (Wildman–Crippen MR) is 78.4 cm³/mol. The van der Waals surface area contributed by atoms with E-state index in [1.807, 2.05) is 24.3 Å².